The van der Waals surface area contributed by atoms with E-state index in [0.29, 0.717) is 25.7 Å². The lowest BCUT2D eigenvalue weighted by Crippen LogP contribution is -2.30. The Morgan fingerprint density at radius 1 is 0.267 bits per heavy atom. The molecule has 4 unspecified atom stereocenters. The van der Waals surface area contributed by atoms with Gasteiger partial charge >= 0.3 is 39.5 Å². The molecule has 0 aromatic heterocycles. The molecule has 105 heavy (non-hydrogen) atoms. The molecule has 0 aliphatic carbocycles. The van der Waals surface area contributed by atoms with E-state index in [2.05, 4.69) is 55.4 Å². The molecule has 0 aromatic carbocycles. The van der Waals surface area contributed by atoms with Gasteiger partial charge in [-0.05, 0) is 49.4 Å². The highest BCUT2D eigenvalue weighted by molar-refractivity contribution is 7.47. The smallest absolute Gasteiger partial charge is 0.462 e. The monoisotopic (exact) mass is 1540 g/mol. The zero-order valence-electron chi connectivity index (χ0n) is 69.4. The highest BCUT2D eigenvalue weighted by atomic mass is 31.2. The van der Waals surface area contributed by atoms with Gasteiger partial charge in [-0.2, -0.15) is 0 Å². The second-order valence-electron chi connectivity index (χ2n) is 32.4. The number of rotatable bonds is 83. The van der Waals surface area contributed by atoms with Gasteiger partial charge < -0.3 is 33.8 Å². The first kappa shape index (κ1) is 103. The Morgan fingerprint density at radius 2 is 0.457 bits per heavy atom. The molecular formula is C86H168O17P2. The second-order valence-corrected chi connectivity index (χ2v) is 35.3. The minimum atomic E-state index is -4.97. The van der Waals surface area contributed by atoms with Crippen molar-refractivity contribution in [3.63, 3.8) is 0 Å². The fourth-order valence-corrected chi connectivity index (χ4v) is 14.8. The largest absolute Gasteiger partial charge is 0.472 e. The number of phosphoric acid groups is 2. The van der Waals surface area contributed by atoms with Crippen LogP contribution in [0.3, 0.4) is 0 Å². The van der Waals surface area contributed by atoms with E-state index in [1.165, 1.54) is 244 Å². The fraction of sp³-hybridized carbons (Fsp3) is 0.953. The third-order valence-corrected chi connectivity index (χ3v) is 22.7. The van der Waals surface area contributed by atoms with Gasteiger partial charge in [-0.1, -0.05) is 396 Å². The summed E-state index contributed by atoms with van der Waals surface area (Å²) in [6, 6.07) is 0. The van der Waals surface area contributed by atoms with E-state index in [9.17, 15) is 43.2 Å². The van der Waals surface area contributed by atoms with Crippen molar-refractivity contribution in [2.45, 2.75) is 465 Å². The van der Waals surface area contributed by atoms with Crippen LogP contribution < -0.4 is 0 Å². The lowest BCUT2D eigenvalue weighted by atomic mass is 9.99. The van der Waals surface area contributed by atoms with Crippen molar-refractivity contribution in [1.82, 2.24) is 0 Å². The number of unbranched alkanes of at least 4 members (excludes halogenated alkanes) is 47. The molecule has 19 heteroatoms. The van der Waals surface area contributed by atoms with Gasteiger partial charge in [-0.3, -0.25) is 37.3 Å². The molecule has 0 aliphatic rings. The molecule has 0 heterocycles. The number of carbonyl (C=O) groups is 4. The Bertz CT molecular complexity index is 2050. The van der Waals surface area contributed by atoms with Crippen LogP contribution in [0.4, 0.5) is 0 Å². The van der Waals surface area contributed by atoms with Crippen LogP contribution >= 0.6 is 15.6 Å². The minimum Gasteiger partial charge on any atom is -0.462 e. The molecule has 0 bridgehead atoms. The molecule has 3 N–H and O–H groups in total. The molecule has 0 fully saturated rings. The highest BCUT2D eigenvalue weighted by Gasteiger charge is 2.31. The molecule has 0 aliphatic heterocycles. The summed E-state index contributed by atoms with van der Waals surface area (Å²) in [6.45, 7) is 14.3. The van der Waals surface area contributed by atoms with Gasteiger partial charge in [-0.25, -0.2) is 9.13 Å². The van der Waals surface area contributed by atoms with Crippen LogP contribution in [0.2, 0.25) is 0 Å². The topological polar surface area (TPSA) is 237 Å². The van der Waals surface area contributed by atoms with Gasteiger partial charge in [0.15, 0.2) is 12.2 Å². The van der Waals surface area contributed by atoms with Crippen molar-refractivity contribution in [1.29, 1.82) is 0 Å². The van der Waals surface area contributed by atoms with Crippen molar-refractivity contribution < 1.29 is 80.2 Å². The SMILES string of the molecule is CCC(C)CCCCCCCCCCCCCCCCC(=O)OC[C@H](COP(=O)(O)OC[C@@H](O)COP(=O)(O)OC[C@@H](COC(=O)CCCCCCCCC(C)CC)OC(=O)CCCCCCCCCCCCCCCC(C)C)OC(=O)CCCCCCCCCCCCCCCCCCCCC(C)C. The maximum atomic E-state index is 13.1. The van der Waals surface area contributed by atoms with E-state index in [1.54, 1.807) is 0 Å². The van der Waals surface area contributed by atoms with Crippen molar-refractivity contribution in [3.8, 4) is 0 Å². The number of esters is 4. The summed E-state index contributed by atoms with van der Waals surface area (Å²) in [6.07, 6.45) is 63.8. The molecule has 624 valence electrons. The Morgan fingerprint density at radius 3 is 0.676 bits per heavy atom. The third kappa shape index (κ3) is 77.2. The first-order valence-corrected chi connectivity index (χ1v) is 47.3. The van der Waals surface area contributed by atoms with E-state index in [4.69, 9.17) is 37.0 Å². The number of phosphoric ester groups is 2. The average molecular weight is 1540 g/mol. The van der Waals surface area contributed by atoms with Crippen LogP contribution in [0.25, 0.3) is 0 Å². The quantitative estimate of drug-likeness (QED) is 0.0222. The summed E-state index contributed by atoms with van der Waals surface area (Å²) in [5.41, 5.74) is 0. The second kappa shape index (κ2) is 74.8. The maximum absolute atomic E-state index is 13.1. The Balaban J connectivity index is 5.24. The van der Waals surface area contributed by atoms with E-state index in [-0.39, 0.29) is 25.7 Å². The lowest BCUT2D eigenvalue weighted by Gasteiger charge is -2.21. The molecule has 0 aromatic rings. The summed E-state index contributed by atoms with van der Waals surface area (Å²) in [5, 5.41) is 10.7. The van der Waals surface area contributed by atoms with Gasteiger partial charge in [0.1, 0.15) is 19.3 Å². The summed E-state index contributed by atoms with van der Waals surface area (Å²) in [7, 11) is -9.93. The van der Waals surface area contributed by atoms with Crippen LogP contribution in [0.5, 0.6) is 0 Å². The predicted octanol–water partition coefficient (Wildman–Crippen LogP) is 25.9. The van der Waals surface area contributed by atoms with Crippen LogP contribution in [0.1, 0.15) is 447 Å². The molecule has 0 saturated carbocycles. The molecular weight excluding hydrogens is 1370 g/mol. The normalized spacial score (nSPS) is 14.4. The van der Waals surface area contributed by atoms with E-state index in [1.807, 2.05) is 0 Å². The Labute approximate surface area is 645 Å². The zero-order valence-corrected chi connectivity index (χ0v) is 71.2. The summed E-state index contributed by atoms with van der Waals surface area (Å²) in [5.74, 6) is 1.08. The molecule has 7 atom stereocenters. The third-order valence-electron chi connectivity index (χ3n) is 20.8. The van der Waals surface area contributed by atoms with Gasteiger partial charge in [-0.15, -0.1) is 0 Å². The van der Waals surface area contributed by atoms with Crippen LogP contribution in [0.15, 0.2) is 0 Å². The first-order valence-electron chi connectivity index (χ1n) is 44.3. The Hall–Kier alpha value is -1.94. The number of carbonyl (C=O) groups excluding carboxylic acids is 4. The first-order chi connectivity index (χ1) is 50.7. The number of aliphatic hydroxyl groups is 1. The number of hydrogen-bond donors (Lipinski definition) is 3. The van der Waals surface area contributed by atoms with Gasteiger partial charge in [0.05, 0.1) is 26.4 Å². The number of hydrogen-bond acceptors (Lipinski definition) is 15. The van der Waals surface area contributed by atoms with Gasteiger partial charge in [0, 0.05) is 25.7 Å². The molecule has 0 saturated heterocycles. The summed E-state index contributed by atoms with van der Waals surface area (Å²) in [4.78, 5) is 73.2. The maximum Gasteiger partial charge on any atom is 0.472 e. The number of ether oxygens (including phenoxy) is 4. The number of aliphatic hydroxyl groups excluding tert-OH is 1. The van der Waals surface area contributed by atoms with E-state index < -0.39 is 97.5 Å². The highest BCUT2D eigenvalue weighted by Crippen LogP contribution is 2.45. The van der Waals surface area contributed by atoms with Crippen molar-refractivity contribution in [2.75, 3.05) is 39.6 Å². The minimum absolute atomic E-state index is 0.106. The van der Waals surface area contributed by atoms with Crippen LogP contribution in [0, 0.1) is 23.7 Å². The molecule has 0 amide bonds. The summed E-state index contributed by atoms with van der Waals surface area (Å²) >= 11 is 0. The molecule has 0 rings (SSSR count). The van der Waals surface area contributed by atoms with Gasteiger partial charge in [0.2, 0.25) is 0 Å². The fourth-order valence-electron chi connectivity index (χ4n) is 13.3. The standard InChI is InChI=1S/C86H168O17P2/c1-9-78(7)64-56-48-40-34-28-22-17-18-23-29-35-41-50-58-66-83(88)96-72-81(102-85(90)68-60-52-42-36-30-24-16-14-12-11-13-15-20-26-32-38-46-54-62-76(3)4)74-100-104(92,93)98-70-80(87)71-99-105(94,95)101-75-82(73-97-84(89)67-59-51-45-44-49-57-65-79(8)10-2)103-86(91)69-61-53-43-37-31-25-19-21-27-33-39-47-55-63-77(5)6/h76-82,87H,9-75H2,1-8H3,(H,92,93)(H,94,95)/t78?,79?,80-,81-,82-/m1/s1. The van der Waals surface area contributed by atoms with Crippen molar-refractivity contribution >= 4 is 39.5 Å². The predicted molar refractivity (Wildman–Crippen MR) is 432 cm³/mol. The zero-order chi connectivity index (χ0) is 77.4. The van der Waals surface area contributed by atoms with E-state index >= 15 is 0 Å². The van der Waals surface area contributed by atoms with E-state index in [0.717, 1.165) is 120 Å². The molecule has 17 nitrogen and oxygen atoms in total. The molecule has 0 radical (unpaired) electrons. The molecule has 0 spiro atoms. The lowest BCUT2D eigenvalue weighted by molar-refractivity contribution is -0.161. The van der Waals surface area contributed by atoms with Gasteiger partial charge in [0.25, 0.3) is 0 Å². The van der Waals surface area contributed by atoms with Crippen LogP contribution in [-0.2, 0) is 65.4 Å². The van der Waals surface area contributed by atoms with Crippen LogP contribution in [-0.4, -0.2) is 96.7 Å². The van der Waals surface area contributed by atoms with Crippen molar-refractivity contribution in [3.05, 3.63) is 0 Å². The Kier molecular flexibility index (Phi) is 73.4. The average Bonchev–Trinajstić information content (AvgIpc) is 0.931. The summed E-state index contributed by atoms with van der Waals surface area (Å²) < 4.78 is 68.9. The van der Waals surface area contributed by atoms with Crippen molar-refractivity contribution in [2.24, 2.45) is 23.7 Å².